The van der Waals surface area contributed by atoms with Gasteiger partial charge < -0.3 is 10.3 Å². The van der Waals surface area contributed by atoms with Crippen molar-refractivity contribution in [3.05, 3.63) is 71.6 Å². The zero-order valence-electron chi connectivity index (χ0n) is 14.4. The standard InChI is InChI=1S/C20H22N4O2/c25-20(24-26)11-9-15-8-10-17-18(13-15)23-19(22-17)7-4-12-21-14-16-5-2-1-3-6-16/h1-3,5-6,8-11,13,21,26H,4,7,12,14H2,(H,22,23)(H,24,25). The fraction of sp³-hybridized carbons (Fsp3) is 0.200. The molecule has 0 radical (unpaired) electrons. The third kappa shape index (κ3) is 5.02. The van der Waals surface area contributed by atoms with E-state index in [9.17, 15) is 4.79 Å². The molecule has 3 aromatic rings. The molecule has 0 bridgehead atoms. The van der Waals surface area contributed by atoms with Gasteiger partial charge >= 0.3 is 0 Å². The van der Waals surface area contributed by atoms with E-state index in [2.05, 4.69) is 27.4 Å². The maximum Gasteiger partial charge on any atom is 0.267 e. The summed E-state index contributed by atoms with van der Waals surface area (Å²) in [5, 5.41) is 11.9. The van der Waals surface area contributed by atoms with Crippen molar-refractivity contribution < 1.29 is 10.0 Å². The van der Waals surface area contributed by atoms with Gasteiger partial charge in [0.2, 0.25) is 0 Å². The smallest absolute Gasteiger partial charge is 0.267 e. The van der Waals surface area contributed by atoms with Crippen LogP contribution in [0.5, 0.6) is 0 Å². The zero-order valence-corrected chi connectivity index (χ0v) is 14.4. The molecule has 1 heterocycles. The molecular formula is C20H22N4O2. The van der Waals surface area contributed by atoms with Crippen LogP contribution in [-0.4, -0.2) is 27.6 Å². The van der Waals surface area contributed by atoms with E-state index in [-0.39, 0.29) is 0 Å². The summed E-state index contributed by atoms with van der Waals surface area (Å²) in [5.74, 6) is 0.395. The van der Waals surface area contributed by atoms with E-state index in [0.29, 0.717) is 0 Å². The van der Waals surface area contributed by atoms with Crippen LogP contribution in [0.2, 0.25) is 0 Å². The number of aryl methyl sites for hydroxylation is 1. The van der Waals surface area contributed by atoms with E-state index in [0.717, 1.165) is 48.4 Å². The molecule has 1 aromatic heterocycles. The van der Waals surface area contributed by atoms with E-state index in [4.69, 9.17) is 5.21 Å². The average molecular weight is 350 g/mol. The summed E-state index contributed by atoms with van der Waals surface area (Å²) in [7, 11) is 0. The second-order valence-corrected chi connectivity index (χ2v) is 6.04. The Labute approximate surface area is 151 Å². The van der Waals surface area contributed by atoms with Gasteiger partial charge in [-0.15, -0.1) is 0 Å². The first-order valence-electron chi connectivity index (χ1n) is 8.60. The Bertz CT molecular complexity index is 887. The second-order valence-electron chi connectivity index (χ2n) is 6.04. The number of hydrogen-bond donors (Lipinski definition) is 4. The molecule has 6 nitrogen and oxygen atoms in total. The number of nitrogens with one attached hydrogen (secondary N) is 3. The molecule has 4 N–H and O–H groups in total. The van der Waals surface area contributed by atoms with Crippen LogP contribution in [0.25, 0.3) is 17.1 Å². The van der Waals surface area contributed by atoms with Gasteiger partial charge in [0.15, 0.2) is 0 Å². The molecule has 1 amide bonds. The number of fused-ring (bicyclic) bond motifs is 1. The Hall–Kier alpha value is -2.96. The monoisotopic (exact) mass is 350 g/mol. The largest absolute Gasteiger partial charge is 0.342 e. The summed E-state index contributed by atoms with van der Waals surface area (Å²) in [6.07, 6.45) is 4.77. The molecule has 6 heteroatoms. The molecule has 26 heavy (non-hydrogen) atoms. The first-order valence-corrected chi connectivity index (χ1v) is 8.60. The van der Waals surface area contributed by atoms with E-state index in [1.807, 2.05) is 36.4 Å². The molecule has 0 saturated heterocycles. The molecule has 0 aliphatic carbocycles. The number of aromatic nitrogens is 2. The highest BCUT2D eigenvalue weighted by molar-refractivity contribution is 5.91. The van der Waals surface area contributed by atoms with Crippen LogP contribution in [0.4, 0.5) is 0 Å². The Morgan fingerprint density at radius 2 is 2.04 bits per heavy atom. The molecule has 0 spiro atoms. The van der Waals surface area contributed by atoms with Gasteiger partial charge in [-0.3, -0.25) is 10.0 Å². The highest BCUT2D eigenvalue weighted by Crippen LogP contribution is 2.15. The van der Waals surface area contributed by atoms with Gasteiger partial charge in [-0.1, -0.05) is 36.4 Å². The van der Waals surface area contributed by atoms with E-state index in [1.165, 1.54) is 11.6 Å². The third-order valence-electron chi connectivity index (χ3n) is 4.03. The predicted octanol–water partition coefficient (Wildman–Crippen LogP) is 2.80. The van der Waals surface area contributed by atoms with Gasteiger partial charge in [-0.2, -0.15) is 0 Å². The van der Waals surface area contributed by atoms with Gasteiger partial charge in [0.1, 0.15) is 5.82 Å². The fourth-order valence-electron chi connectivity index (χ4n) is 2.72. The van der Waals surface area contributed by atoms with Gasteiger partial charge in [0.05, 0.1) is 11.0 Å². The Morgan fingerprint density at radius 1 is 1.19 bits per heavy atom. The lowest BCUT2D eigenvalue weighted by Gasteiger charge is -2.03. The van der Waals surface area contributed by atoms with E-state index in [1.54, 1.807) is 11.6 Å². The van der Waals surface area contributed by atoms with Gasteiger partial charge in [-0.05, 0) is 42.3 Å². The Kier molecular flexibility index (Phi) is 6.14. The van der Waals surface area contributed by atoms with Crippen LogP contribution in [0, 0.1) is 0 Å². The number of H-pyrrole nitrogens is 1. The molecule has 0 saturated carbocycles. The molecule has 0 aliphatic rings. The quantitative estimate of drug-likeness (QED) is 0.218. The van der Waals surface area contributed by atoms with Crippen molar-refractivity contribution in [2.45, 2.75) is 19.4 Å². The molecule has 0 aliphatic heterocycles. The summed E-state index contributed by atoms with van der Waals surface area (Å²) in [5.41, 5.74) is 5.54. The van der Waals surface area contributed by atoms with Crippen molar-refractivity contribution in [3.63, 3.8) is 0 Å². The first kappa shape index (κ1) is 17.8. The third-order valence-corrected chi connectivity index (χ3v) is 4.03. The van der Waals surface area contributed by atoms with Crippen LogP contribution in [0.1, 0.15) is 23.4 Å². The normalized spacial score (nSPS) is 11.3. The van der Waals surface area contributed by atoms with Crippen molar-refractivity contribution in [1.29, 1.82) is 0 Å². The fourth-order valence-corrected chi connectivity index (χ4v) is 2.72. The van der Waals surface area contributed by atoms with Gasteiger partial charge in [0.25, 0.3) is 5.91 Å². The number of hydroxylamine groups is 1. The maximum absolute atomic E-state index is 11.0. The predicted molar refractivity (Wildman–Crippen MR) is 102 cm³/mol. The lowest BCUT2D eigenvalue weighted by molar-refractivity contribution is -0.124. The summed E-state index contributed by atoms with van der Waals surface area (Å²) in [6, 6.07) is 16.1. The van der Waals surface area contributed by atoms with Crippen LogP contribution in [0.15, 0.2) is 54.6 Å². The summed E-state index contributed by atoms with van der Waals surface area (Å²) >= 11 is 0. The minimum atomic E-state index is -0.559. The van der Waals surface area contributed by atoms with Gasteiger partial charge in [-0.25, -0.2) is 10.5 Å². The van der Waals surface area contributed by atoms with Crippen molar-refractivity contribution in [3.8, 4) is 0 Å². The summed E-state index contributed by atoms with van der Waals surface area (Å²) in [4.78, 5) is 19.0. The van der Waals surface area contributed by atoms with E-state index >= 15 is 0 Å². The van der Waals surface area contributed by atoms with Crippen LogP contribution < -0.4 is 10.8 Å². The zero-order chi connectivity index (χ0) is 18.2. The highest BCUT2D eigenvalue weighted by atomic mass is 16.5. The molecule has 3 rings (SSSR count). The molecule has 134 valence electrons. The minimum absolute atomic E-state index is 0.559. The highest BCUT2D eigenvalue weighted by Gasteiger charge is 2.03. The van der Waals surface area contributed by atoms with Crippen molar-refractivity contribution in [2.75, 3.05) is 6.54 Å². The van der Waals surface area contributed by atoms with Crippen LogP contribution in [-0.2, 0) is 17.8 Å². The maximum atomic E-state index is 11.0. The first-order chi connectivity index (χ1) is 12.7. The lowest BCUT2D eigenvalue weighted by atomic mass is 10.2. The number of hydrogen-bond acceptors (Lipinski definition) is 4. The van der Waals surface area contributed by atoms with Crippen molar-refractivity contribution in [1.82, 2.24) is 20.8 Å². The molecule has 0 atom stereocenters. The lowest BCUT2D eigenvalue weighted by Crippen LogP contribution is -2.15. The number of nitrogens with zero attached hydrogens (tertiary/aromatic N) is 1. The van der Waals surface area contributed by atoms with E-state index < -0.39 is 5.91 Å². The average Bonchev–Trinajstić information content (AvgIpc) is 3.08. The number of rotatable bonds is 8. The van der Waals surface area contributed by atoms with Crippen molar-refractivity contribution in [2.24, 2.45) is 0 Å². The van der Waals surface area contributed by atoms with Crippen LogP contribution >= 0.6 is 0 Å². The van der Waals surface area contributed by atoms with Crippen molar-refractivity contribution >= 4 is 23.0 Å². The number of aromatic amines is 1. The number of amides is 1. The number of carbonyl (C=O) groups excluding carboxylic acids is 1. The second kappa shape index (κ2) is 8.94. The topological polar surface area (TPSA) is 90.0 Å². The minimum Gasteiger partial charge on any atom is -0.342 e. The molecule has 2 aromatic carbocycles. The SMILES string of the molecule is O=C(C=Cc1ccc2[nH]c(CCCNCc3ccccc3)nc2c1)NO. The van der Waals surface area contributed by atoms with Gasteiger partial charge in [0, 0.05) is 19.0 Å². The molecule has 0 unspecified atom stereocenters. The summed E-state index contributed by atoms with van der Waals surface area (Å²) in [6.45, 7) is 1.80. The molecule has 0 fully saturated rings. The van der Waals surface area contributed by atoms with Crippen LogP contribution in [0.3, 0.4) is 0 Å². The number of carbonyl (C=O) groups is 1. The number of imidazole rings is 1. The number of benzene rings is 2. The summed E-state index contributed by atoms with van der Waals surface area (Å²) < 4.78 is 0. The Morgan fingerprint density at radius 3 is 2.85 bits per heavy atom. The molecular weight excluding hydrogens is 328 g/mol. The Balaban J connectivity index is 1.50.